The summed E-state index contributed by atoms with van der Waals surface area (Å²) >= 11 is 0. The Labute approximate surface area is 71.7 Å². The first-order valence-corrected chi connectivity index (χ1v) is 4.32. The summed E-state index contributed by atoms with van der Waals surface area (Å²) in [6.07, 6.45) is 5.09. The molecule has 0 bridgehead atoms. The van der Waals surface area contributed by atoms with Gasteiger partial charge >= 0.3 is 0 Å². The number of rotatable bonds is 0. The summed E-state index contributed by atoms with van der Waals surface area (Å²) in [6, 6.07) is 3.96. The quantitative estimate of drug-likeness (QED) is 0.543. The average molecular weight is 160 g/mol. The Morgan fingerprint density at radius 1 is 1.50 bits per heavy atom. The van der Waals surface area contributed by atoms with Crippen LogP contribution < -0.4 is 10.7 Å². The zero-order chi connectivity index (χ0) is 8.39. The SMILES string of the molecule is C[C@H]1CC=c2ncccc2=NC1. The van der Waals surface area contributed by atoms with Crippen molar-refractivity contribution in [2.75, 3.05) is 6.54 Å². The molecule has 2 rings (SSSR count). The minimum atomic E-state index is 0.652. The lowest BCUT2D eigenvalue weighted by molar-refractivity contribution is 0.619. The molecule has 0 saturated carbocycles. The maximum atomic E-state index is 4.47. The van der Waals surface area contributed by atoms with Crippen molar-refractivity contribution in [3.63, 3.8) is 0 Å². The fraction of sp³-hybridized carbons (Fsp3) is 0.400. The van der Waals surface area contributed by atoms with Crippen molar-refractivity contribution in [3.8, 4) is 0 Å². The molecular weight excluding hydrogens is 148 g/mol. The zero-order valence-electron chi connectivity index (χ0n) is 7.20. The van der Waals surface area contributed by atoms with Gasteiger partial charge in [-0.3, -0.25) is 9.98 Å². The number of fused-ring (bicyclic) bond motifs is 1. The second-order valence-corrected chi connectivity index (χ2v) is 3.29. The van der Waals surface area contributed by atoms with Crippen LogP contribution in [0.5, 0.6) is 0 Å². The molecule has 1 aliphatic rings. The van der Waals surface area contributed by atoms with Crippen LogP contribution in [0.2, 0.25) is 0 Å². The Morgan fingerprint density at radius 3 is 3.33 bits per heavy atom. The minimum Gasteiger partial charge on any atom is -0.283 e. The van der Waals surface area contributed by atoms with Gasteiger partial charge in [0, 0.05) is 12.7 Å². The van der Waals surface area contributed by atoms with Gasteiger partial charge in [0.05, 0.1) is 10.7 Å². The van der Waals surface area contributed by atoms with E-state index in [0.717, 1.165) is 23.7 Å². The van der Waals surface area contributed by atoms with Crippen molar-refractivity contribution < 1.29 is 0 Å². The summed E-state index contributed by atoms with van der Waals surface area (Å²) in [6.45, 7) is 3.14. The highest BCUT2D eigenvalue weighted by Gasteiger charge is 2.01. The first kappa shape index (κ1) is 7.47. The molecule has 0 N–H and O–H groups in total. The van der Waals surface area contributed by atoms with E-state index >= 15 is 0 Å². The standard InChI is InChI=1S/C10H12N2/c1-8-4-5-10-9(12-7-8)3-2-6-11-10/h2-3,5-6,8H,4,7H2,1H3/t8-/m0/s1. The Balaban J connectivity index is 2.61. The number of pyridine rings is 1. The van der Waals surface area contributed by atoms with Gasteiger partial charge < -0.3 is 0 Å². The zero-order valence-corrected chi connectivity index (χ0v) is 7.20. The Bertz CT molecular complexity index is 344. The van der Waals surface area contributed by atoms with E-state index < -0.39 is 0 Å². The van der Waals surface area contributed by atoms with Gasteiger partial charge in [0.1, 0.15) is 0 Å². The fourth-order valence-corrected chi connectivity index (χ4v) is 1.34. The molecule has 0 spiro atoms. The van der Waals surface area contributed by atoms with Crippen LogP contribution in [0.3, 0.4) is 0 Å². The van der Waals surface area contributed by atoms with Crippen LogP contribution in [0, 0.1) is 5.92 Å². The molecule has 0 saturated heterocycles. The van der Waals surface area contributed by atoms with Crippen LogP contribution in [-0.2, 0) is 0 Å². The number of aromatic nitrogens is 1. The van der Waals surface area contributed by atoms with Gasteiger partial charge in [-0.05, 0) is 24.5 Å². The van der Waals surface area contributed by atoms with Gasteiger partial charge in [-0.15, -0.1) is 0 Å². The Hall–Kier alpha value is -1.18. The summed E-state index contributed by atoms with van der Waals surface area (Å²) in [7, 11) is 0. The summed E-state index contributed by atoms with van der Waals surface area (Å²) in [5.74, 6) is 0.652. The molecule has 0 aliphatic carbocycles. The normalized spacial score (nSPS) is 21.6. The topological polar surface area (TPSA) is 25.2 Å². The van der Waals surface area contributed by atoms with Crippen molar-refractivity contribution >= 4 is 6.08 Å². The predicted molar refractivity (Wildman–Crippen MR) is 48.1 cm³/mol. The maximum absolute atomic E-state index is 4.47. The molecule has 12 heavy (non-hydrogen) atoms. The van der Waals surface area contributed by atoms with E-state index in [1.165, 1.54) is 0 Å². The Morgan fingerprint density at radius 2 is 2.42 bits per heavy atom. The highest BCUT2D eigenvalue weighted by molar-refractivity contribution is 5.20. The van der Waals surface area contributed by atoms with Crippen LogP contribution in [0.25, 0.3) is 6.08 Å². The van der Waals surface area contributed by atoms with E-state index in [9.17, 15) is 0 Å². The van der Waals surface area contributed by atoms with Crippen LogP contribution >= 0.6 is 0 Å². The van der Waals surface area contributed by atoms with E-state index in [2.05, 4.69) is 23.0 Å². The van der Waals surface area contributed by atoms with E-state index in [-0.39, 0.29) is 0 Å². The summed E-state index contributed by atoms with van der Waals surface area (Å²) in [5.41, 5.74) is 0. The number of hydrogen-bond acceptors (Lipinski definition) is 2. The fourth-order valence-electron chi connectivity index (χ4n) is 1.34. The van der Waals surface area contributed by atoms with Crippen LogP contribution in [0.15, 0.2) is 23.3 Å². The van der Waals surface area contributed by atoms with Gasteiger partial charge in [-0.25, -0.2) is 0 Å². The molecule has 2 nitrogen and oxygen atoms in total. The molecule has 1 atom stereocenters. The summed E-state index contributed by atoms with van der Waals surface area (Å²) in [4.78, 5) is 8.74. The molecule has 0 fully saturated rings. The predicted octanol–water partition coefficient (Wildman–Crippen LogP) is 0.521. The minimum absolute atomic E-state index is 0.652. The van der Waals surface area contributed by atoms with Crippen LogP contribution in [0.1, 0.15) is 13.3 Å². The van der Waals surface area contributed by atoms with E-state index in [4.69, 9.17) is 0 Å². The third-order valence-corrected chi connectivity index (χ3v) is 2.10. The average Bonchev–Trinajstić information content (AvgIpc) is 2.29. The van der Waals surface area contributed by atoms with Crippen molar-refractivity contribution in [1.29, 1.82) is 0 Å². The van der Waals surface area contributed by atoms with E-state index in [1.807, 2.05) is 18.3 Å². The van der Waals surface area contributed by atoms with Crippen LogP contribution in [-0.4, -0.2) is 11.5 Å². The lowest BCUT2D eigenvalue weighted by Gasteiger charge is -1.99. The molecule has 0 unspecified atom stereocenters. The molecule has 1 aromatic rings. The van der Waals surface area contributed by atoms with Gasteiger partial charge in [-0.2, -0.15) is 0 Å². The van der Waals surface area contributed by atoms with Gasteiger partial charge in [0.25, 0.3) is 0 Å². The molecule has 1 aliphatic heterocycles. The van der Waals surface area contributed by atoms with E-state index in [1.54, 1.807) is 0 Å². The lowest BCUT2D eigenvalue weighted by atomic mass is 10.1. The first-order chi connectivity index (χ1) is 5.86. The second kappa shape index (κ2) is 3.05. The number of nitrogens with zero attached hydrogens (tertiary/aromatic N) is 2. The second-order valence-electron chi connectivity index (χ2n) is 3.29. The summed E-state index contributed by atoms with van der Waals surface area (Å²) < 4.78 is 0. The molecule has 0 radical (unpaired) electrons. The smallest absolute Gasteiger partial charge is 0.0841 e. The maximum Gasteiger partial charge on any atom is 0.0841 e. The lowest BCUT2D eigenvalue weighted by Crippen LogP contribution is -2.26. The van der Waals surface area contributed by atoms with Gasteiger partial charge in [0.2, 0.25) is 0 Å². The van der Waals surface area contributed by atoms with E-state index in [0.29, 0.717) is 5.92 Å². The van der Waals surface area contributed by atoms with Crippen molar-refractivity contribution in [2.24, 2.45) is 10.9 Å². The third-order valence-electron chi connectivity index (χ3n) is 2.10. The molecule has 1 aromatic heterocycles. The molecule has 62 valence electrons. The van der Waals surface area contributed by atoms with Crippen molar-refractivity contribution in [1.82, 2.24) is 4.98 Å². The van der Waals surface area contributed by atoms with Crippen molar-refractivity contribution in [2.45, 2.75) is 13.3 Å². The molecular formula is C10H12N2. The molecule has 2 heterocycles. The number of hydrogen-bond donors (Lipinski definition) is 0. The van der Waals surface area contributed by atoms with Crippen molar-refractivity contribution in [3.05, 3.63) is 29.0 Å². The monoisotopic (exact) mass is 160 g/mol. The highest BCUT2D eigenvalue weighted by Crippen LogP contribution is 2.02. The van der Waals surface area contributed by atoms with Gasteiger partial charge in [-0.1, -0.05) is 13.0 Å². The largest absolute Gasteiger partial charge is 0.283 e. The van der Waals surface area contributed by atoms with Crippen LogP contribution in [0.4, 0.5) is 0 Å². The molecule has 0 aromatic carbocycles. The highest BCUT2D eigenvalue weighted by atomic mass is 14.8. The first-order valence-electron chi connectivity index (χ1n) is 4.32. The molecule has 2 heteroatoms. The summed E-state index contributed by atoms with van der Waals surface area (Å²) in [5, 5.41) is 2.09. The van der Waals surface area contributed by atoms with Gasteiger partial charge in [0.15, 0.2) is 0 Å². The third kappa shape index (κ3) is 1.37. The Kier molecular flexibility index (Phi) is 1.90. The molecule has 0 amide bonds.